The number of para-hydroxylation sites is 1. The predicted molar refractivity (Wildman–Crippen MR) is 57.0 cm³/mol. The van der Waals surface area contributed by atoms with E-state index in [2.05, 4.69) is 0 Å². The highest BCUT2D eigenvalue weighted by Gasteiger charge is 2.28. The molecule has 2 N–H and O–H groups in total. The Kier molecular flexibility index (Phi) is 3.98. The number of methoxy groups -OCH3 is 1. The molecule has 0 saturated carbocycles. The molecule has 1 aromatic carbocycles. The van der Waals surface area contributed by atoms with E-state index in [4.69, 9.17) is 10.5 Å². The average molecular weight is 247 g/mol. The number of hydrogen-bond donors (Lipinski definition) is 1. The van der Waals surface area contributed by atoms with Crippen molar-refractivity contribution in [3.8, 4) is 5.75 Å². The van der Waals surface area contributed by atoms with E-state index in [-0.39, 0.29) is 17.0 Å². The number of carbonyl (C=O) groups is 1. The second-order valence-corrected chi connectivity index (χ2v) is 3.46. The van der Waals surface area contributed by atoms with Crippen molar-refractivity contribution in [2.24, 2.45) is 0 Å². The molecule has 3 nitrogen and oxygen atoms in total. The van der Waals surface area contributed by atoms with Crippen molar-refractivity contribution in [3.05, 3.63) is 23.8 Å². The van der Waals surface area contributed by atoms with Crippen molar-refractivity contribution in [2.45, 2.75) is 19.0 Å². The number of alkyl halides is 3. The molecule has 0 unspecified atom stereocenters. The molecule has 0 aliphatic carbocycles. The van der Waals surface area contributed by atoms with E-state index < -0.39 is 24.8 Å². The van der Waals surface area contributed by atoms with Crippen LogP contribution >= 0.6 is 0 Å². The molecule has 0 fully saturated rings. The zero-order chi connectivity index (χ0) is 13.1. The normalized spacial score (nSPS) is 11.3. The first-order chi connectivity index (χ1) is 7.85. The van der Waals surface area contributed by atoms with E-state index in [0.29, 0.717) is 0 Å². The fourth-order valence-corrected chi connectivity index (χ4v) is 1.36. The Hall–Kier alpha value is -1.72. The molecule has 0 bridgehead atoms. The van der Waals surface area contributed by atoms with Gasteiger partial charge in [-0.15, -0.1) is 0 Å². The van der Waals surface area contributed by atoms with E-state index in [1.165, 1.54) is 25.3 Å². The Balaban J connectivity index is 2.83. The highest BCUT2D eigenvalue weighted by Crippen LogP contribution is 2.28. The van der Waals surface area contributed by atoms with Gasteiger partial charge in [-0.2, -0.15) is 13.2 Å². The Bertz CT molecular complexity index is 416. The zero-order valence-corrected chi connectivity index (χ0v) is 9.17. The van der Waals surface area contributed by atoms with Crippen molar-refractivity contribution in [1.29, 1.82) is 0 Å². The summed E-state index contributed by atoms with van der Waals surface area (Å²) in [5.74, 6) is -0.360. The molecule has 0 aliphatic heterocycles. The number of hydrogen-bond acceptors (Lipinski definition) is 3. The van der Waals surface area contributed by atoms with Crippen LogP contribution in [0.15, 0.2) is 18.2 Å². The molecule has 0 aliphatic rings. The number of Topliss-reactive ketones (excluding diaryl/α,β-unsaturated/α-hetero) is 1. The molecule has 6 heteroatoms. The van der Waals surface area contributed by atoms with Crippen LogP contribution in [0.2, 0.25) is 0 Å². The number of halogens is 3. The smallest absolute Gasteiger partial charge is 0.389 e. The second-order valence-electron chi connectivity index (χ2n) is 3.46. The summed E-state index contributed by atoms with van der Waals surface area (Å²) in [6, 6.07) is 4.43. The summed E-state index contributed by atoms with van der Waals surface area (Å²) in [7, 11) is 1.37. The minimum Gasteiger partial charge on any atom is -0.495 e. The highest BCUT2D eigenvalue weighted by atomic mass is 19.4. The van der Waals surface area contributed by atoms with Crippen molar-refractivity contribution >= 4 is 11.5 Å². The molecule has 0 amide bonds. The fourth-order valence-electron chi connectivity index (χ4n) is 1.36. The van der Waals surface area contributed by atoms with Crippen LogP contribution in [0.3, 0.4) is 0 Å². The summed E-state index contributed by atoms with van der Waals surface area (Å²) in [4.78, 5) is 11.5. The molecular weight excluding hydrogens is 235 g/mol. The van der Waals surface area contributed by atoms with Gasteiger partial charge in [-0.25, -0.2) is 0 Å². The molecule has 0 radical (unpaired) electrons. The second kappa shape index (κ2) is 5.07. The van der Waals surface area contributed by atoms with Gasteiger partial charge < -0.3 is 10.5 Å². The molecular formula is C11H12F3NO2. The van der Waals surface area contributed by atoms with Gasteiger partial charge in [0.05, 0.1) is 19.2 Å². The average Bonchev–Trinajstić information content (AvgIpc) is 2.25. The largest absolute Gasteiger partial charge is 0.495 e. The van der Waals surface area contributed by atoms with E-state index in [9.17, 15) is 18.0 Å². The van der Waals surface area contributed by atoms with Gasteiger partial charge in [-0.05, 0) is 12.1 Å². The SMILES string of the molecule is COc1cccc(C(=O)CCC(F)(F)F)c1N. The summed E-state index contributed by atoms with van der Waals surface area (Å²) >= 11 is 0. The van der Waals surface area contributed by atoms with E-state index in [1.807, 2.05) is 0 Å². The van der Waals surface area contributed by atoms with Crippen molar-refractivity contribution in [1.82, 2.24) is 0 Å². The van der Waals surface area contributed by atoms with E-state index >= 15 is 0 Å². The molecule has 1 aromatic rings. The maximum Gasteiger partial charge on any atom is 0.389 e. The minimum absolute atomic E-state index is 0.0635. The monoisotopic (exact) mass is 247 g/mol. The summed E-state index contributed by atoms with van der Waals surface area (Å²) in [6.07, 6.45) is -6.10. The van der Waals surface area contributed by atoms with Crippen molar-refractivity contribution in [2.75, 3.05) is 12.8 Å². The Morgan fingerprint density at radius 2 is 2.06 bits per heavy atom. The first kappa shape index (κ1) is 13.3. The zero-order valence-electron chi connectivity index (χ0n) is 9.17. The molecule has 0 spiro atoms. The van der Waals surface area contributed by atoms with Gasteiger partial charge >= 0.3 is 6.18 Å². The standard InChI is InChI=1S/C11H12F3NO2/c1-17-9-4-2-3-7(10(9)15)8(16)5-6-11(12,13)14/h2-4H,5-6,15H2,1H3. The number of benzene rings is 1. The molecule has 0 atom stereocenters. The molecule has 17 heavy (non-hydrogen) atoms. The van der Waals surface area contributed by atoms with Crippen LogP contribution < -0.4 is 10.5 Å². The number of rotatable bonds is 4. The van der Waals surface area contributed by atoms with Gasteiger partial charge in [0.2, 0.25) is 0 Å². The predicted octanol–water partition coefficient (Wildman–Crippen LogP) is 2.80. The third kappa shape index (κ3) is 3.65. The van der Waals surface area contributed by atoms with E-state index in [0.717, 1.165) is 0 Å². The number of nitrogen functional groups attached to an aromatic ring is 1. The summed E-state index contributed by atoms with van der Waals surface area (Å²) in [5, 5.41) is 0. The van der Waals surface area contributed by atoms with Crippen LogP contribution in [0, 0.1) is 0 Å². The number of anilines is 1. The van der Waals surface area contributed by atoms with Gasteiger partial charge in [0.1, 0.15) is 5.75 Å². The van der Waals surface area contributed by atoms with Crippen molar-refractivity contribution in [3.63, 3.8) is 0 Å². The van der Waals surface area contributed by atoms with Crippen LogP contribution in [0.4, 0.5) is 18.9 Å². The maximum atomic E-state index is 12.0. The highest BCUT2D eigenvalue weighted by molar-refractivity contribution is 6.01. The number of carbonyl (C=O) groups excluding carboxylic acids is 1. The Morgan fingerprint density at radius 1 is 1.41 bits per heavy atom. The Morgan fingerprint density at radius 3 is 2.59 bits per heavy atom. The summed E-state index contributed by atoms with van der Waals surface area (Å²) < 4.78 is 40.8. The van der Waals surface area contributed by atoms with E-state index in [1.54, 1.807) is 0 Å². The molecule has 94 valence electrons. The molecule has 1 rings (SSSR count). The topological polar surface area (TPSA) is 52.3 Å². The first-order valence-corrected chi connectivity index (χ1v) is 4.87. The lowest BCUT2D eigenvalue weighted by atomic mass is 10.0. The minimum atomic E-state index is -4.34. The molecule has 0 saturated heterocycles. The Labute approximate surface area is 96.4 Å². The van der Waals surface area contributed by atoms with Crippen molar-refractivity contribution < 1.29 is 22.7 Å². The summed E-state index contributed by atoms with van der Waals surface area (Å²) in [6.45, 7) is 0. The van der Waals surface area contributed by atoms with Crippen LogP contribution in [0.1, 0.15) is 23.2 Å². The lowest BCUT2D eigenvalue weighted by Crippen LogP contribution is -2.12. The lowest BCUT2D eigenvalue weighted by molar-refractivity contribution is -0.133. The number of ether oxygens (including phenoxy) is 1. The lowest BCUT2D eigenvalue weighted by Gasteiger charge is -2.10. The number of ketones is 1. The van der Waals surface area contributed by atoms with Gasteiger partial charge in [0, 0.05) is 12.0 Å². The van der Waals surface area contributed by atoms with Crippen LogP contribution in [0.5, 0.6) is 5.75 Å². The van der Waals surface area contributed by atoms with Gasteiger partial charge in [0.15, 0.2) is 5.78 Å². The van der Waals surface area contributed by atoms with Crippen LogP contribution in [0.25, 0.3) is 0 Å². The first-order valence-electron chi connectivity index (χ1n) is 4.87. The molecule has 0 heterocycles. The molecule has 0 aromatic heterocycles. The quantitative estimate of drug-likeness (QED) is 0.657. The fraction of sp³-hybridized carbons (Fsp3) is 0.364. The van der Waals surface area contributed by atoms with Gasteiger partial charge in [-0.1, -0.05) is 6.07 Å². The van der Waals surface area contributed by atoms with Gasteiger partial charge in [-0.3, -0.25) is 4.79 Å². The third-order valence-electron chi connectivity index (χ3n) is 2.22. The number of nitrogens with two attached hydrogens (primary N) is 1. The maximum absolute atomic E-state index is 12.0. The summed E-state index contributed by atoms with van der Waals surface area (Å²) in [5.41, 5.74) is 5.74. The van der Waals surface area contributed by atoms with Gasteiger partial charge in [0.25, 0.3) is 0 Å². The van der Waals surface area contributed by atoms with Crippen LogP contribution in [-0.4, -0.2) is 19.1 Å². The third-order valence-corrected chi connectivity index (χ3v) is 2.22. The van der Waals surface area contributed by atoms with Crippen LogP contribution in [-0.2, 0) is 0 Å².